The van der Waals surface area contributed by atoms with Crippen LogP contribution in [-0.2, 0) is 0 Å². The maximum Gasteiger partial charge on any atom is 0.266 e. The van der Waals surface area contributed by atoms with Crippen LogP contribution in [0.2, 0.25) is 5.02 Å². The number of halogens is 3. The number of anilines is 1. The van der Waals surface area contributed by atoms with E-state index in [1.165, 1.54) is 0 Å². The molecule has 2 aliphatic rings. The molecule has 0 aromatic carbocycles. The van der Waals surface area contributed by atoms with Crippen molar-refractivity contribution in [1.29, 1.82) is 0 Å². The van der Waals surface area contributed by atoms with Gasteiger partial charge < -0.3 is 4.90 Å². The molecule has 0 spiro atoms. The van der Waals surface area contributed by atoms with Gasteiger partial charge in [0.25, 0.3) is 5.92 Å². The summed E-state index contributed by atoms with van der Waals surface area (Å²) in [7, 11) is 0. The van der Waals surface area contributed by atoms with Crippen molar-refractivity contribution in [1.82, 2.24) is 19.5 Å². The smallest absolute Gasteiger partial charge is 0.266 e. The van der Waals surface area contributed by atoms with E-state index in [1.807, 2.05) is 30.3 Å². The lowest BCUT2D eigenvalue weighted by Crippen LogP contribution is -2.42. The highest BCUT2D eigenvalue weighted by Gasteiger charge is 2.40. The molecule has 4 heterocycles. The molecule has 1 unspecified atom stereocenters. The second kappa shape index (κ2) is 5.82. The SMILES string of the molecule is CC(c1cc(Cl)c2cncn2c1N1CCC(F)(F)C1)N1C=CCN1N. The molecule has 134 valence electrons. The van der Waals surface area contributed by atoms with Gasteiger partial charge in [0.2, 0.25) is 0 Å². The molecule has 9 heteroatoms. The molecule has 4 rings (SSSR count). The van der Waals surface area contributed by atoms with Crippen LogP contribution in [0.1, 0.15) is 24.9 Å². The second-order valence-electron chi connectivity index (χ2n) is 6.51. The highest BCUT2D eigenvalue weighted by molar-refractivity contribution is 6.34. The van der Waals surface area contributed by atoms with Crippen LogP contribution in [0, 0.1) is 0 Å². The largest absolute Gasteiger partial charge is 0.351 e. The fraction of sp³-hybridized carbons (Fsp3) is 0.438. The lowest BCUT2D eigenvalue weighted by atomic mass is 10.1. The van der Waals surface area contributed by atoms with Crippen molar-refractivity contribution in [3.63, 3.8) is 0 Å². The molecule has 25 heavy (non-hydrogen) atoms. The number of rotatable bonds is 3. The average molecular weight is 369 g/mol. The first-order valence-electron chi connectivity index (χ1n) is 8.12. The number of nitrogens with zero attached hydrogens (tertiary/aromatic N) is 5. The number of fused-ring (bicyclic) bond motifs is 1. The van der Waals surface area contributed by atoms with Crippen LogP contribution >= 0.6 is 11.6 Å². The van der Waals surface area contributed by atoms with Crippen LogP contribution in [0.5, 0.6) is 0 Å². The summed E-state index contributed by atoms with van der Waals surface area (Å²) in [5, 5.41) is 3.98. The highest BCUT2D eigenvalue weighted by atomic mass is 35.5. The van der Waals surface area contributed by atoms with Crippen molar-refractivity contribution in [2.45, 2.75) is 25.3 Å². The van der Waals surface area contributed by atoms with E-state index in [4.69, 9.17) is 17.4 Å². The van der Waals surface area contributed by atoms with Crippen molar-refractivity contribution in [2.75, 3.05) is 24.5 Å². The first kappa shape index (κ1) is 16.6. The molecular weight excluding hydrogens is 350 g/mol. The summed E-state index contributed by atoms with van der Waals surface area (Å²) >= 11 is 6.42. The molecule has 1 atom stereocenters. The summed E-state index contributed by atoms with van der Waals surface area (Å²) in [6, 6.07) is 1.66. The van der Waals surface area contributed by atoms with E-state index in [1.54, 1.807) is 26.9 Å². The van der Waals surface area contributed by atoms with Crippen molar-refractivity contribution in [2.24, 2.45) is 5.84 Å². The van der Waals surface area contributed by atoms with Crippen molar-refractivity contribution < 1.29 is 8.78 Å². The van der Waals surface area contributed by atoms with E-state index in [0.29, 0.717) is 22.9 Å². The standard InChI is InChI=1S/C16H19ClF2N6/c1-11(24-4-2-5-25(24)20)12-7-13(17)14-8-21-10-23(14)15(12)22-6-3-16(18,19)9-22/h2,4,7-8,10-11H,3,5-6,9,20H2,1H3. The zero-order valence-corrected chi connectivity index (χ0v) is 14.5. The third-order valence-electron chi connectivity index (χ3n) is 4.82. The first-order chi connectivity index (χ1) is 11.9. The number of alkyl halides is 2. The highest BCUT2D eigenvalue weighted by Crippen LogP contribution is 2.39. The van der Waals surface area contributed by atoms with E-state index >= 15 is 0 Å². The number of hydrogen-bond acceptors (Lipinski definition) is 5. The van der Waals surface area contributed by atoms with Gasteiger partial charge in [0, 0.05) is 24.7 Å². The van der Waals surface area contributed by atoms with E-state index in [-0.39, 0.29) is 25.6 Å². The van der Waals surface area contributed by atoms with Gasteiger partial charge in [0.05, 0.1) is 35.9 Å². The van der Waals surface area contributed by atoms with Crippen LogP contribution < -0.4 is 10.7 Å². The summed E-state index contributed by atoms with van der Waals surface area (Å²) in [5.74, 6) is 4.00. The van der Waals surface area contributed by atoms with Crippen LogP contribution in [0.4, 0.5) is 14.6 Å². The van der Waals surface area contributed by atoms with Crippen LogP contribution in [0.15, 0.2) is 30.9 Å². The lowest BCUT2D eigenvalue weighted by Gasteiger charge is -2.34. The lowest BCUT2D eigenvalue weighted by molar-refractivity contribution is 0.0155. The van der Waals surface area contributed by atoms with Gasteiger partial charge in [-0.25, -0.2) is 13.8 Å². The fourth-order valence-electron chi connectivity index (χ4n) is 3.55. The third kappa shape index (κ3) is 2.74. The molecule has 0 radical (unpaired) electrons. The van der Waals surface area contributed by atoms with Gasteiger partial charge >= 0.3 is 0 Å². The van der Waals surface area contributed by atoms with E-state index in [9.17, 15) is 8.78 Å². The number of hydrogen-bond donors (Lipinski definition) is 1. The van der Waals surface area contributed by atoms with E-state index < -0.39 is 5.92 Å². The topological polar surface area (TPSA) is 53.0 Å². The Hall–Kier alpha value is -1.90. The number of pyridine rings is 1. The van der Waals surface area contributed by atoms with Gasteiger partial charge in [-0.3, -0.25) is 15.3 Å². The zero-order chi connectivity index (χ0) is 17.8. The number of aromatic nitrogens is 2. The molecule has 0 aliphatic carbocycles. The number of imidazole rings is 1. The molecule has 1 saturated heterocycles. The minimum Gasteiger partial charge on any atom is -0.351 e. The molecule has 2 aromatic rings. The Bertz CT molecular complexity index is 835. The van der Waals surface area contributed by atoms with Gasteiger partial charge in [0.1, 0.15) is 12.1 Å². The zero-order valence-electron chi connectivity index (χ0n) is 13.7. The van der Waals surface area contributed by atoms with Gasteiger partial charge in [-0.15, -0.1) is 0 Å². The first-order valence-corrected chi connectivity index (χ1v) is 8.49. The molecule has 2 N–H and O–H groups in total. The molecule has 2 aromatic heterocycles. The average Bonchev–Trinajstić information content (AvgIpc) is 3.26. The predicted molar refractivity (Wildman–Crippen MR) is 92.3 cm³/mol. The Balaban J connectivity index is 1.85. The van der Waals surface area contributed by atoms with Crippen molar-refractivity contribution in [3.05, 3.63) is 41.5 Å². The molecule has 0 saturated carbocycles. The van der Waals surface area contributed by atoms with Gasteiger partial charge in [0.15, 0.2) is 0 Å². The minimum absolute atomic E-state index is 0.160. The maximum absolute atomic E-state index is 13.8. The Morgan fingerprint density at radius 3 is 2.84 bits per heavy atom. The van der Waals surface area contributed by atoms with Gasteiger partial charge in [-0.2, -0.15) is 5.12 Å². The summed E-state index contributed by atoms with van der Waals surface area (Å²) in [4.78, 5) is 5.85. The predicted octanol–water partition coefficient (Wildman–Crippen LogP) is 2.81. The van der Waals surface area contributed by atoms with Crippen LogP contribution in [0.3, 0.4) is 0 Å². The quantitative estimate of drug-likeness (QED) is 0.844. The Kier molecular flexibility index (Phi) is 3.86. The van der Waals surface area contributed by atoms with Gasteiger partial charge in [-0.05, 0) is 19.1 Å². The Morgan fingerprint density at radius 2 is 2.20 bits per heavy atom. The van der Waals surface area contributed by atoms with Crippen molar-refractivity contribution in [3.8, 4) is 0 Å². The summed E-state index contributed by atoms with van der Waals surface area (Å²) < 4.78 is 29.5. The van der Waals surface area contributed by atoms with Crippen molar-refractivity contribution >= 4 is 22.9 Å². The molecular formula is C16H19ClF2N6. The maximum atomic E-state index is 13.8. The fourth-order valence-corrected chi connectivity index (χ4v) is 3.81. The Morgan fingerprint density at radius 1 is 1.40 bits per heavy atom. The van der Waals surface area contributed by atoms with Crippen LogP contribution in [0.25, 0.3) is 5.52 Å². The molecule has 1 fully saturated rings. The number of nitrogens with two attached hydrogens (primary N) is 1. The Labute approximate surface area is 149 Å². The van der Waals surface area contributed by atoms with Crippen LogP contribution in [-0.4, -0.2) is 45.1 Å². The van der Waals surface area contributed by atoms with E-state index in [2.05, 4.69) is 4.98 Å². The molecule has 6 nitrogen and oxygen atoms in total. The summed E-state index contributed by atoms with van der Waals surface area (Å²) in [6.45, 7) is 2.54. The third-order valence-corrected chi connectivity index (χ3v) is 5.12. The monoisotopic (exact) mass is 368 g/mol. The van der Waals surface area contributed by atoms with E-state index in [0.717, 1.165) is 5.56 Å². The normalized spacial score (nSPS) is 21.6. The minimum atomic E-state index is -2.69. The van der Waals surface area contributed by atoms with Gasteiger partial charge in [-0.1, -0.05) is 11.6 Å². The second-order valence-corrected chi connectivity index (χ2v) is 6.92. The number of hydrazine groups is 2. The molecule has 0 bridgehead atoms. The molecule has 2 aliphatic heterocycles. The molecule has 0 amide bonds. The summed E-state index contributed by atoms with van der Waals surface area (Å²) in [6.07, 6.45) is 6.92. The summed E-state index contributed by atoms with van der Waals surface area (Å²) in [5.41, 5.74) is 1.53.